The molecule has 0 aliphatic rings. The maximum Gasteiger partial charge on any atom is 0.135 e. The van der Waals surface area contributed by atoms with Crippen molar-refractivity contribution in [1.29, 1.82) is 0 Å². The molecule has 21 heavy (non-hydrogen) atoms. The van der Waals surface area contributed by atoms with Gasteiger partial charge in [0.1, 0.15) is 17.3 Å². The van der Waals surface area contributed by atoms with E-state index in [1.165, 1.54) is 0 Å². The monoisotopic (exact) mass is 307 g/mol. The van der Waals surface area contributed by atoms with Crippen LogP contribution >= 0.6 is 11.6 Å². The van der Waals surface area contributed by atoms with E-state index >= 15 is 0 Å². The quantitative estimate of drug-likeness (QED) is 0.776. The molecule has 0 fully saturated rings. The van der Waals surface area contributed by atoms with E-state index in [1.807, 2.05) is 30.3 Å². The Morgan fingerprint density at radius 1 is 1.24 bits per heavy atom. The third-order valence-corrected chi connectivity index (χ3v) is 3.79. The minimum Gasteiger partial charge on any atom is -0.497 e. The van der Waals surface area contributed by atoms with Gasteiger partial charge in [0.05, 0.1) is 18.2 Å². The van der Waals surface area contributed by atoms with Gasteiger partial charge in [-0.2, -0.15) is 0 Å². The topological polar surface area (TPSA) is 34.4 Å². The van der Waals surface area contributed by atoms with Gasteiger partial charge in [-0.1, -0.05) is 25.4 Å². The van der Waals surface area contributed by atoms with E-state index in [9.17, 15) is 0 Å². The van der Waals surface area contributed by atoms with E-state index in [4.69, 9.17) is 20.8 Å². The summed E-state index contributed by atoms with van der Waals surface area (Å²) in [5, 5.41) is 4.14. The highest BCUT2D eigenvalue weighted by Crippen LogP contribution is 2.34. The summed E-state index contributed by atoms with van der Waals surface area (Å²) in [5.74, 6) is 2.48. The zero-order valence-corrected chi connectivity index (χ0v) is 13.5. The summed E-state index contributed by atoms with van der Waals surface area (Å²) in [6.07, 6.45) is 2.09. The van der Waals surface area contributed by atoms with E-state index < -0.39 is 0 Å². The maximum atomic E-state index is 6.26. The Bertz CT molecular complexity index is 580. The molecule has 1 atom stereocenters. The molecule has 0 radical (unpaired) electrons. The second-order valence-electron chi connectivity index (χ2n) is 4.96. The number of nitrogens with one attached hydrogen (secondary N) is 1. The van der Waals surface area contributed by atoms with Crippen LogP contribution in [0.25, 0.3) is 11.3 Å². The highest BCUT2D eigenvalue weighted by molar-refractivity contribution is 6.33. The number of hydrogen-bond acceptors (Lipinski definition) is 3. The van der Waals surface area contributed by atoms with Gasteiger partial charge >= 0.3 is 0 Å². The first-order chi connectivity index (χ1) is 10.2. The predicted molar refractivity (Wildman–Crippen MR) is 87.0 cm³/mol. The Balaban J connectivity index is 2.26. The first-order valence-corrected chi connectivity index (χ1v) is 7.74. The lowest BCUT2D eigenvalue weighted by molar-refractivity contribution is 0.408. The standard InChI is InChI=1S/C17H22ClNO2/c1-4-10-19-15(5-2)17-9-8-16(21-17)13-11-12(20-3)6-7-14(13)18/h6-9,11,15,19H,4-5,10H2,1-3H3. The molecule has 1 aromatic carbocycles. The molecular weight excluding hydrogens is 286 g/mol. The molecule has 1 unspecified atom stereocenters. The molecule has 0 bridgehead atoms. The lowest BCUT2D eigenvalue weighted by Gasteiger charge is -2.13. The van der Waals surface area contributed by atoms with Gasteiger partial charge in [0.15, 0.2) is 0 Å². The summed E-state index contributed by atoms with van der Waals surface area (Å²) in [5.41, 5.74) is 0.854. The van der Waals surface area contributed by atoms with E-state index in [1.54, 1.807) is 7.11 Å². The van der Waals surface area contributed by atoms with Crippen molar-refractivity contribution in [2.45, 2.75) is 32.7 Å². The van der Waals surface area contributed by atoms with Gasteiger partial charge in [-0.3, -0.25) is 0 Å². The van der Waals surface area contributed by atoms with Gasteiger partial charge in [0, 0.05) is 5.56 Å². The number of furan rings is 1. The van der Waals surface area contributed by atoms with E-state index in [-0.39, 0.29) is 6.04 Å². The van der Waals surface area contributed by atoms with Crippen molar-refractivity contribution in [3.63, 3.8) is 0 Å². The fourth-order valence-electron chi connectivity index (χ4n) is 2.27. The van der Waals surface area contributed by atoms with Crippen LogP contribution in [0.1, 0.15) is 38.5 Å². The highest BCUT2D eigenvalue weighted by atomic mass is 35.5. The largest absolute Gasteiger partial charge is 0.497 e. The average molecular weight is 308 g/mol. The van der Waals surface area contributed by atoms with Crippen molar-refractivity contribution in [3.05, 3.63) is 41.1 Å². The molecule has 1 aromatic heterocycles. The Morgan fingerprint density at radius 3 is 2.71 bits per heavy atom. The minimum atomic E-state index is 0.239. The molecule has 0 aliphatic carbocycles. The summed E-state index contributed by atoms with van der Waals surface area (Å²) in [6, 6.07) is 9.78. The molecule has 0 spiro atoms. The predicted octanol–water partition coefficient (Wildman–Crippen LogP) is 5.06. The summed E-state index contributed by atoms with van der Waals surface area (Å²) < 4.78 is 11.2. The molecule has 3 nitrogen and oxygen atoms in total. The lowest BCUT2D eigenvalue weighted by Crippen LogP contribution is -2.20. The first-order valence-electron chi connectivity index (χ1n) is 7.36. The molecule has 0 saturated heterocycles. The van der Waals surface area contributed by atoms with Crippen LogP contribution < -0.4 is 10.1 Å². The van der Waals surface area contributed by atoms with Crippen molar-refractivity contribution < 1.29 is 9.15 Å². The zero-order chi connectivity index (χ0) is 15.2. The van der Waals surface area contributed by atoms with Crippen LogP contribution in [-0.4, -0.2) is 13.7 Å². The number of benzene rings is 1. The summed E-state index contributed by atoms with van der Waals surface area (Å²) >= 11 is 6.26. The summed E-state index contributed by atoms with van der Waals surface area (Å²) in [6.45, 7) is 5.28. The van der Waals surface area contributed by atoms with E-state index in [2.05, 4.69) is 19.2 Å². The molecule has 4 heteroatoms. The SMILES string of the molecule is CCCNC(CC)c1ccc(-c2cc(OC)ccc2Cl)o1. The van der Waals surface area contributed by atoms with Gasteiger partial charge in [0.25, 0.3) is 0 Å². The van der Waals surface area contributed by atoms with Crippen LogP contribution in [0.2, 0.25) is 5.02 Å². The number of ether oxygens (including phenoxy) is 1. The molecule has 0 aliphatic heterocycles. The molecule has 2 rings (SSSR count). The van der Waals surface area contributed by atoms with Gasteiger partial charge in [-0.25, -0.2) is 0 Å². The average Bonchev–Trinajstić information content (AvgIpc) is 2.98. The van der Waals surface area contributed by atoms with E-state index in [0.29, 0.717) is 5.02 Å². The third kappa shape index (κ3) is 3.80. The molecule has 2 aromatic rings. The molecule has 114 valence electrons. The van der Waals surface area contributed by atoms with Crippen LogP contribution in [-0.2, 0) is 0 Å². The minimum absolute atomic E-state index is 0.239. The molecule has 1 N–H and O–H groups in total. The second-order valence-corrected chi connectivity index (χ2v) is 5.37. The Labute approximate surface area is 131 Å². The Kier molecular flexibility index (Phi) is 5.71. The van der Waals surface area contributed by atoms with Crippen LogP contribution in [0.4, 0.5) is 0 Å². The van der Waals surface area contributed by atoms with Crippen LogP contribution in [0, 0.1) is 0 Å². The fraction of sp³-hybridized carbons (Fsp3) is 0.412. The number of halogens is 1. The Morgan fingerprint density at radius 2 is 2.05 bits per heavy atom. The molecule has 0 saturated carbocycles. The van der Waals surface area contributed by atoms with Crippen LogP contribution in [0.5, 0.6) is 5.75 Å². The fourth-order valence-corrected chi connectivity index (χ4v) is 2.48. The lowest BCUT2D eigenvalue weighted by atomic mass is 10.1. The van der Waals surface area contributed by atoms with Crippen molar-refractivity contribution in [1.82, 2.24) is 5.32 Å². The molecular formula is C17H22ClNO2. The number of methoxy groups -OCH3 is 1. The van der Waals surface area contributed by atoms with E-state index in [0.717, 1.165) is 42.2 Å². The van der Waals surface area contributed by atoms with Crippen LogP contribution in [0.3, 0.4) is 0 Å². The van der Waals surface area contributed by atoms with Crippen molar-refractivity contribution in [2.75, 3.05) is 13.7 Å². The third-order valence-electron chi connectivity index (χ3n) is 3.46. The first kappa shape index (κ1) is 15.9. The molecule has 1 heterocycles. The smallest absolute Gasteiger partial charge is 0.135 e. The second kappa shape index (κ2) is 7.53. The van der Waals surface area contributed by atoms with Crippen molar-refractivity contribution in [2.24, 2.45) is 0 Å². The highest BCUT2D eigenvalue weighted by Gasteiger charge is 2.15. The Hall–Kier alpha value is -1.45. The van der Waals surface area contributed by atoms with Gasteiger partial charge in [-0.05, 0) is 49.7 Å². The molecule has 0 amide bonds. The zero-order valence-electron chi connectivity index (χ0n) is 12.8. The van der Waals surface area contributed by atoms with Crippen molar-refractivity contribution in [3.8, 4) is 17.1 Å². The number of hydrogen-bond donors (Lipinski definition) is 1. The summed E-state index contributed by atoms with van der Waals surface area (Å²) in [4.78, 5) is 0. The van der Waals surface area contributed by atoms with Crippen LogP contribution in [0.15, 0.2) is 34.7 Å². The summed E-state index contributed by atoms with van der Waals surface area (Å²) in [7, 11) is 1.64. The van der Waals surface area contributed by atoms with Crippen molar-refractivity contribution >= 4 is 11.6 Å². The van der Waals surface area contributed by atoms with Gasteiger partial charge in [-0.15, -0.1) is 0 Å². The van der Waals surface area contributed by atoms with Gasteiger partial charge < -0.3 is 14.5 Å². The van der Waals surface area contributed by atoms with Gasteiger partial charge in [0.2, 0.25) is 0 Å². The maximum absolute atomic E-state index is 6.26. The normalized spacial score (nSPS) is 12.4. The number of rotatable bonds is 7.